The number of ether oxygens (including phenoxy) is 2. The summed E-state index contributed by atoms with van der Waals surface area (Å²) in [7, 11) is 1.78. The molecule has 0 spiro atoms. The van der Waals surface area contributed by atoms with Gasteiger partial charge in [0.05, 0.1) is 12.7 Å². The van der Waals surface area contributed by atoms with Gasteiger partial charge in [0.2, 0.25) is 0 Å². The quantitative estimate of drug-likeness (QED) is 0.489. The molecule has 1 unspecified atom stereocenters. The molecule has 0 fully saturated rings. The molecule has 0 heterocycles. The van der Waals surface area contributed by atoms with E-state index in [0.29, 0.717) is 6.10 Å². The minimum absolute atomic E-state index is 0.302. The molecule has 0 saturated heterocycles. The van der Waals surface area contributed by atoms with E-state index in [4.69, 9.17) is 9.47 Å². The lowest BCUT2D eigenvalue weighted by atomic mass is 10.2. The van der Waals surface area contributed by atoms with Crippen molar-refractivity contribution in [1.82, 2.24) is 0 Å². The van der Waals surface area contributed by atoms with Gasteiger partial charge in [0.25, 0.3) is 0 Å². The normalized spacial score (nSPS) is 13.0. The highest BCUT2D eigenvalue weighted by Gasteiger charge is 2.05. The van der Waals surface area contributed by atoms with E-state index in [1.807, 2.05) is 0 Å². The molecule has 2 nitrogen and oxygen atoms in total. The van der Waals surface area contributed by atoms with Crippen molar-refractivity contribution in [3.05, 3.63) is 0 Å². The molecular weight excluding hydrogens is 188 g/mol. The lowest BCUT2D eigenvalue weighted by Crippen LogP contribution is -2.18. The molecule has 15 heavy (non-hydrogen) atoms. The van der Waals surface area contributed by atoms with Gasteiger partial charge in [-0.25, -0.2) is 0 Å². The summed E-state index contributed by atoms with van der Waals surface area (Å²) < 4.78 is 11.0. The van der Waals surface area contributed by atoms with E-state index < -0.39 is 0 Å². The number of hydrogen-bond donors (Lipinski definition) is 0. The van der Waals surface area contributed by atoms with Gasteiger partial charge in [0, 0.05) is 13.7 Å². The van der Waals surface area contributed by atoms with E-state index in [2.05, 4.69) is 13.8 Å². The summed E-state index contributed by atoms with van der Waals surface area (Å²) in [5.74, 6) is 0. The van der Waals surface area contributed by atoms with Gasteiger partial charge in [-0.2, -0.15) is 0 Å². The van der Waals surface area contributed by atoms with Crippen LogP contribution in [0.15, 0.2) is 0 Å². The summed E-state index contributed by atoms with van der Waals surface area (Å²) in [6.07, 6.45) is 9.00. The van der Waals surface area contributed by atoms with Crippen molar-refractivity contribution in [2.45, 2.75) is 64.9 Å². The van der Waals surface area contributed by atoms with Crippen LogP contribution in [-0.4, -0.2) is 26.4 Å². The van der Waals surface area contributed by atoms with E-state index in [0.717, 1.165) is 19.6 Å². The maximum absolute atomic E-state index is 5.61. The van der Waals surface area contributed by atoms with Crippen molar-refractivity contribution in [3.63, 3.8) is 0 Å². The Morgan fingerprint density at radius 2 is 1.67 bits per heavy atom. The molecule has 0 rings (SSSR count). The summed E-state index contributed by atoms with van der Waals surface area (Å²) in [6.45, 7) is 6.10. The van der Waals surface area contributed by atoms with Gasteiger partial charge in [0.15, 0.2) is 0 Å². The van der Waals surface area contributed by atoms with Crippen molar-refractivity contribution in [2.75, 3.05) is 20.3 Å². The highest BCUT2D eigenvalue weighted by atomic mass is 16.5. The molecule has 0 aliphatic rings. The Labute approximate surface area is 95.3 Å². The first-order chi connectivity index (χ1) is 7.35. The fourth-order valence-electron chi connectivity index (χ4n) is 1.55. The first-order valence-corrected chi connectivity index (χ1v) is 6.45. The molecule has 0 bridgehead atoms. The summed E-state index contributed by atoms with van der Waals surface area (Å²) in [5, 5.41) is 0. The predicted molar refractivity (Wildman–Crippen MR) is 65.3 cm³/mol. The van der Waals surface area contributed by atoms with Crippen LogP contribution in [0.5, 0.6) is 0 Å². The Morgan fingerprint density at radius 3 is 2.27 bits per heavy atom. The lowest BCUT2D eigenvalue weighted by molar-refractivity contribution is 0.00241. The number of methoxy groups -OCH3 is 1. The molecule has 0 aliphatic heterocycles. The third kappa shape index (κ3) is 10.2. The van der Waals surface area contributed by atoms with Gasteiger partial charge in [-0.15, -0.1) is 0 Å². The number of hydrogen-bond acceptors (Lipinski definition) is 2. The average Bonchev–Trinajstić information content (AvgIpc) is 2.27. The second-order valence-corrected chi connectivity index (χ2v) is 4.14. The van der Waals surface area contributed by atoms with Gasteiger partial charge >= 0.3 is 0 Å². The summed E-state index contributed by atoms with van der Waals surface area (Å²) in [5.41, 5.74) is 0. The standard InChI is InChI=1S/C13H28O2/c1-4-6-8-9-11-15-12-13(14-3)10-7-5-2/h13H,4-12H2,1-3H3. The zero-order valence-corrected chi connectivity index (χ0v) is 10.8. The first-order valence-electron chi connectivity index (χ1n) is 6.45. The summed E-state index contributed by atoms with van der Waals surface area (Å²) in [4.78, 5) is 0. The molecule has 0 saturated carbocycles. The Bertz CT molecular complexity index is 115. The van der Waals surface area contributed by atoms with Crippen molar-refractivity contribution in [1.29, 1.82) is 0 Å². The van der Waals surface area contributed by atoms with Crippen LogP contribution in [0.1, 0.15) is 58.8 Å². The Kier molecular flexibility index (Phi) is 11.9. The van der Waals surface area contributed by atoms with E-state index in [9.17, 15) is 0 Å². The third-order valence-electron chi connectivity index (χ3n) is 2.66. The fraction of sp³-hybridized carbons (Fsp3) is 1.00. The maximum atomic E-state index is 5.61. The van der Waals surface area contributed by atoms with Crippen molar-refractivity contribution in [2.24, 2.45) is 0 Å². The van der Waals surface area contributed by atoms with Crippen LogP contribution in [-0.2, 0) is 9.47 Å². The van der Waals surface area contributed by atoms with Crippen LogP contribution in [0.2, 0.25) is 0 Å². The molecule has 92 valence electrons. The third-order valence-corrected chi connectivity index (χ3v) is 2.66. The first kappa shape index (κ1) is 14.9. The average molecular weight is 216 g/mol. The highest BCUT2D eigenvalue weighted by Crippen LogP contribution is 2.05. The molecule has 0 radical (unpaired) electrons. The maximum Gasteiger partial charge on any atom is 0.0804 e. The zero-order chi connectivity index (χ0) is 11.4. The van der Waals surface area contributed by atoms with Gasteiger partial charge < -0.3 is 9.47 Å². The predicted octanol–water partition coefficient (Wildman–Crippen LogP) is 3.79. The van der Waals surface area contributed by atoms with Crippen molar-refractivity contribution < 1.29 is 9.47 Å². The van der Waals surface area contributed by atoms with Crippen LogP contribution < -0.4 is 0 Å². The van der Waals surface area contributed by atoms with Gasteiger partial charge in [-0.1, -0.05) is 46.0 Å². The van der Waals surface area contributed by atoms with Crippen LogP contribution in [0.25, 0.3) is 0 Å². The molecule has 0 aromatic rings. The number of unbranched alkanes of at least 4 members (excludes halogenated alkanes) is 4. The molecule has 1 atom stereocenters. The van der Waals surface area contributed by atoms with Crippen LogP contribution in [0.4, 0.5) is 0 Å². The Hall–Kier alpha value is -0.0800. The van der Waals surface area contributed by atoms with Gasteiger partial charge in [0.1, 0.15) is 0 Å². The molecule has 0 aromatic carbocycles. The smallest absolute Gasteiger partial charge is 0.0804 e. The summed E-state index contributed by atoms with van der Waals surface area (Å²) >= 11 is 0. The van der Waals surface area contributed by atoms with E-state index >= 15 is 0 Å². The second-order valence-electron chi connectivity index (χ2n) is 4.14. The van der Waals surface area contributed by atoms with E-state index in [1.165, 1.54) is 38.5 Å². The lowest BCUT2D eigenvalue weighted by Gasteiger charge is -2.14. The van der Waals surface area contributed by atoms with Gasteiger partial charge in [-0.3, -0.25) is 0 Å². The second kappa shape index (κ2) is 12.0. The molecule has 0 amide bonds. The highest BCUT2D eigenvalue weighted by molar-refractivity contribution is 4.55. The molecule has 0 N–H and O–H groups in total. The fourth-order valence-corrected chi connectivity index (χ4v) is 1.55. The van der Waals surface area contributed by atoms with Crippen molar-refractivity contribution >= 4 is 0 Å². The van der Waals surface area contributed by atoms with Crippen LogP contribution in [0, 0.1) is 0 Å². The molecular formula is C13H28O2. The number of rotatable bonds is 11. The van der Waals surface area contributed by atoms with Crippen molar-refractivity contribution in [3.8, 4) is 0 Å². The van der Waals surface area contributed by atoms with Crippen LogP contribution in [0.3, 0.4) is 0 Å². The molecule has 0 aliphatic carbocycles. The minimum atomic E-state index is 0.302. The zero-order valence-electron chi connectivity index (χ0n) is 10.8. The van der Waals surface area contributed by atoms with E-state index in [1.54, 1.807) is 7.11 Å². The van der Waals surface area contributed by atoms with E-state index in [-0.39, 0.29) is 0 Å². The Morgan fingerprint density at radius 1 is 0.933 bits per heavy atom. The largest absolute Gasteiger partial charge is 0.379 e. The Balaban J connectivity index is 3.22. The monoisotopic (exact) mass is 216 g/mol. The minimum Gasteiger partial charge on any atom is -0.379 e. The topological polar surface area (TPSA) is 18.5 Å². The molecule has 2 heteroatoms. The molecule has 0 aromatic heterocycles. The SMILES string of the molecule is CCCCCCOCC(CCCC)OC. The van der Waals surface area contributed by atoms with Gasteiger partial charge in [-0.05, 0) is 12.8 Å². The van der Waals surface area contributed by atoms with Crippen LogP contribution >= 0.6 is 0 Å². The summed E-state index contributed by atoms with van der Waals surface area (Å²) in [6, 6.07) is 0.